The number of ether oxygens (including phenoxy) is 1. The van der Waals surface area contributed by atoms with E-state index < -0.39 is 12.0 Å². The highest BCUT2D eigenvalue weighted by atomic mass is 16.5. The molecule has 0 radical (unpaired) electrons. The van der Waals surface area contributed by atoms with Crippen LogP contribution in [0.5, 0.6) is 0 Å². The summed E-state index contributed by atoms with van der Waals surface area (Å²) in [5.74, 6) is -0.309. The van der Waals surface area contributed by atoms with Gasteiger partial charge in [0.15, 0.2) is 6.04 Å². The fraction of sp³-hybridized carbons (Fsp3) is 0.857. The summed E-state index contributed by atoms with van der Waals surface area (Å²) >= 11 is 0. The Balaban J connectivity index is 2.39. The Bertz CT molecular complexity index is 165. The van der Waals surface area contributed by atoms with Crippen molar-refractivity contribution >= 4 is 5.97 Å². The van der Waals surface area contributed by atoms with Gasteiger partial charge in [0.05, 0.1) is 6.61 Å². The molecule has 1 saturated carbocycles. The number of rotatable bonds is 4. The highest BCUT2D eigenvalue weighted by Gasteiger charge is 2.38. The Morgan fingerprint density at radius 1 is 1.73 bits per heavy atom. The molecule has 0 aliphatic heterocycles. The van der Waals surface area contributed by atoms with Crippen molar-refractivity contribution in [3.05, 3.63) is 4.91 Å². The van der Waals surface area contributed by atoms with Crippen LogP contribution in [0.25, 0.3) is 0 Å². The molecular formula is C7H11NO3. The molecule has 1 unspecified atom stereocenters. The molecular weight excluding hydrogens is 146 g/mol. The lowest BCUT2D eigenvalue weighted by Crippen LogP contribution is -2.22. The maximum absolute atomic E-state index is 10.9. The minimum atomic E-state index is -0.741. The van der Waals surface area contributed by atoms with Gasteiger partial charge in [-0.3, -0.25) is 0 Å². The first-order chi connectivity index (χ1) is 5.29. The van der Waals surface area contributed by atoms with Crippen molar-refractivity contribution < 1.29 is 9.53 Å². The number of nitrogens with zero attached hydrogens (tertiary/aromatic N) is 1. The van der Waals surface area contributed by atoms with Crippen LogP contribution in [0, 0.1) is 10.8 Å². The van der Waals surface area contributed by atoms with Gasteiger partial charge in [-0.05, 0) is 25.7 Å². The molecule has 0 heterocycles. The Kier molecular flexibility index (Phi) is 2.57. The normalized spacial score (nSPS) is 19.0. The van der Waals surface area contributed by atoms with E-state index >= 15 is 0 Å². The molecule has 1 rings (SSSR count). The Labute approximate surface area is 64.9 Å². The molecule has 1 aliphatic carbocycles. The largest absolute Gasteiger partial charge is 0.464 e. The van der Waals surface area contributed by atoms with Gasteiger partial charge in [-0.2, -0.15) is 0 Å². The summed E-state index contributed by atoms with van der Waals surface area (Å²) in [6, 6.07) is -0.741. The molecule has 62 valence electrons. The number of nitroso groups, excluding NO2 is 1. The minimum Gasteiger partial charge on any atom is -0.464 e. The molecule has 0 aromatic rings. The Morgan fingerprint density at radius 2 is 2.36 bits per heavy atom. The van der Waals surface area contributed by atoms with Crippen molar-refractivity contribution in [3.8, 4) is 0 Å². The predicted octanol–water partition coefficient (Wildman–Crippen LogP) is 1.09. The van der Waals surface area contributed by atoms with Gasteiger partial charge < -0.3 is 4.74 Å². The Hall–Kier alpha value is -0.930. The van der Waals surface area contributed by atoms with E-state index in [0.29, 0.717) is 6.61 Å². The molecule has 0 bridgehead atoms. The van der Waals surface area contributed by atoms with Crippen LogP contribution in [0.1, 0.15) is 19.8 Å². The van der Waals surface area contributed by atoms with Crippen LogP contribution < -0.4 is 0 Å². The van der Waals surface area contributed by atoms with Crippen LogP contribution in [0.4, 0.5) is 0 Å². The summed E-state index contributed by atoms with van der Waals surface area (Å²) in [4.78, 5) is 21.1. The fourth-order valence-electron chi connectivity index (χ4n) is 0.961. The third kappa shape index (κ3) is 2.00. The molecule has 0 aromatic carbocycles. The highest BCUT2D eigenvalue weighted by Crippen LogP contribution is 2.34. The second-order valence-electron chi connectivity index (χ2n) is 2.64. The third-order valence-corrected chi connectivity index (χ3v) is 1.71. The molecule has 1 fully saturated rings. The van der Waals surface area contributed by atoms with E-state index in [1.54, 1.807) is 6.92 Å². The number of hydrogen-bond acceptors (Lipinski definition) is 4. The van der Waals surface area contributed by atoms with Gasteiger partial charge in [0.2, 0.25) is 0 Å². The maximum Gasteiger partial charge on any atom is 0.334 e. The number of hydrogen-bond donors (Lipinski definition) is 0. The van der Waals surface area contributed by atoms with Gasteiger partial charge in [0, 0.05) is 0 Å². The van der Waals surface area contributed by atoms with E-state index in [9.17, 15) is 9.70 Å². The van der Waals surface area contributed by atoms with Crippen molar-refractivity contribution in [1.29, 1.82) is 0 Å². The van der Waals surface area contributed by atoms with Gasteiger partial charge in [0.1, 0.15) is 0 Å². The van der Waals surface area contributed by atoms with E-state index in [0.717, 1.165) is 12.8 Å². The van der Waals surface area contributed by atoms with Crippen LogP contribution in [0.15, 0.2) is 5.18 Å². The van der Waals surface area contributed by atoms with Crippen molar-refractivity contribution in [1.82, 2.24) is 0 Å². The average Bonchev–Trinajstić information content (AvgIpc) is 2.73. The van der Waals surface area contributed by atoms with E-state index in [1.165, 1.54) is 0 Å². The predicted molar refractivity (Wildman–Crippen MR) is 38.9 cm³/mol. The lowest BCUT2D eigenvalue weighted by atomic mass is 10.2. The standard InChI is InChI=1S/C7H11NO3/c1-2-11-7(9)6(8-10)5-3-4-5/h5-6H,2-4H2,1H3. The quantitative estimate of drug-likeness (QED) is 0.453. The van der Waals surface area contributed by atoms with E-state index in [4.69, 9.17) is 0 Å². The third-order valence-electron chi connectivity index (χ3n) is 1.71. The molecule has 4 nitrogen and oxygen atoms in total. The van der Waals surface area contributed by atoms with Gasteiger partial charge in [0.25, 0.3) is 0 Å². The summed E-state index contributed by atoms with van der Waals surface area (Å²) in [6.45, 7) is 2.03. The lowest BCUT2D eigenvalue weighted by molar-refractivity contribution is -0.145. The van der Waals surface area contributed by atoms with Crippen LogP contribution >= 0.6 is 0 Å². The smallest absolute Gasteiger partial charge is 0.334 e. The molecule has 11 heavy (non-hydrogen) atoms. The maximum atomic E-state index is 10.9. The summed E-state index contributed by atoms with van der Waals surface area (Å²) in [5, 5.41) is 2.74. The zero-order valence-electron chi connectivity index (χ0n) is 6.45. The molecule has 0 spiro atoms. The van der Waals surface area contributed by atoms with Crippen molar-refractivity contribution in [2.24, 2.45) is 11.1 Å². The summed E-state index contributed by atoms with van der Waals surface area (Å²) in [7, 11) is 0. The Morgan fingerprint density at radius 3 is 2.73 bits per heavy atom. The van der Waals surface area contributed by atoms with E-state index in [-0.39, 0.29) is 5.92 Å². The first-order valence-corrected chi connectivity index (χ1v) is 3.78. The minimum absolute atomic E-state index is 0.159. The van der Waals surface area contributed by atoms with Crippen molar-refractivity contribution in [3.63, 3.8) is 0 Å². The van der Waals surface area contributed by atoms with Crippen molar-refractivity contribution in [2.45, 2.75) is 25.8 Å². The van der Waals surface area contributed by atoms with Gasteiger partial charge in [-0.1, -0.05) is 5.18 Å². The SMILES string of the molecule is CCOC(=O)C(N=O)C1CC1. The van der Waals surface area contributed by atoms with E-state index in [1.807, 2.05) is 0 Å². The number of esters is 1. The number of carbonyl (C=O) groups excluding carboxylic acids is 1. The summed E-state index contributed by atoms with van der Waals surface area (Å²) in [5.41, 5.74) is 0. The second-order valence-corrected chi connectivity index (χ2v) is 2.64. The fourth-order valence-corrected chi connectivity index (χ4v) is 0.961. The van der Waals surface area contributed by atoms with Crippen LogP contribution in [-0.2, 0) is 9.53 Å². The molecule has 0 aromatic heterocycles. The average molecular weight is 157 g/mol. The monoisotopic (exact) mass is 157 g/mol. The zero-order chi connectivity index (χ0) is 8.27. The molecule has 4 heteroatoms. The lowest BCUT2D eigenvalue weighted by Gasteiger charge is -2.05. The van der Waals surface area contributed by atoms with Gasteiger partial charge in [-0.15, -0.1) is 4.91 Å². The molecule has 0 amide bonds. The summed E-state index contributed by atoms with van der Waals surface area (Å²) < 4.78 is 4.66. The number of carbonyl (C=O) groups is 1. The second kappa shape index (κ2) is 3.46. The zero-order valence-corrected chi connectivity index (χ0v) is 6.45. The first-order valence-electron chi connectivity index (χ1n) is 3.78. The topological polar surface area (TPSA) is 55.7 Å². The van der Waals surface area contributed by atoms with Crippen LogP contribution in [0.3, 0.4) is 0 Å². The molecule has 1 atom stereocenters. The molecule has 1 aliphatic rings. The van der Waals surface area contributed by atoms with Gasteiger partial charge in [-0.25, -0.2) is 4.79 Å². The van der Waals surface area contributed by atoms with Crippen LogP contribution in [-0.4, -0.2) is 18.6 Å². The summed E-state index contributed by atoms with van der Waals surface area (Å²) in [6.07, 6.45) is 1.85. The van der Waals surface area contributed by atoms with E-state index in [2.05, 4.69) is 9.91 Å². The highest BCUT2D eigenvalue weighted by molar-refractivity contribution is 5.76. The molecule has 0 saturated heterocycles. The first kappa shape index (κ1) is 8.17. The van der Waals surface area contributed by atoms with Crippen LogP contribution in [0.2, 0.25) is 0 Å². The van der Waals surface area contributed by atoms with Gasteiger partial charge >= 0.3 is 5.97 Å². The van der Waals surface area contributed by atoms with Crippen molar-refractivity contribution in [2.75, 3.05) is 6.61 Å². The molecule has 0 N–H and O–H groups in total.